The van der Waals surface area contributed by atoms with Gasteiger partial charge in [0.15, 0.2) is 0 Å². The summed E-state index contributed by atoms with van der Waals surface area (Å²) < 4.78 is 11.1. The third-order valence-electron chi connectivity index (χ3n) is 11.6. The summed E-state index contributed by atoms with van der Waals surface area (Å²) in [6, 6.07) is 62.2. The maximum Gasteiger partial charge on any atom is 0.235 e. The summed E-state index contributed by atoms with van der Waals surface area (Å²) in [4.78, 5) is 13.4. The van der Waals surface area contributed by atoms with Crippen molar-refractivity contribution in [1.82, 2.24) is 19.1 Å². The third-order valence-corrected chi connectivity index (χ3v) is 11.6. The molecule has 5 heterocycles. The lowest BCUT2D eigenvalue weighted by molar-refractivity contribution is 0.668. The molecule has 0 saturated carbocycles. The van der Waals surface area contributed by atoms with Gasteiger partial charge in [0, 0.05) is 49.6 Å². The van der Waals surface area contributed by atoms with Crippen molar-refractivity contribution in [3.63, 3.8) is 0 Å². The van der Waals surface area contributed by atoms with E-state index in [4.69, 9.17) is 14.4 Å². The predicted molar refractivity (Wildman–Crippen MR) is 229 cm³/mol. The second-order valence-corrected chi connectivity index (χ2v) is 14.6. The number of fused-ring (bicyclic) bond motifs is 12. The van der Waals surface area contributed by atoms with Crippen LogP contribution in [-0.4, -0.2) is 19.1 Å². The van der Waals surface area contributed by atoms with Gasteiger partial charge >= 0.3 is 0 Å². The fraction of sp³-hybridized carbons (Fsp3) is 0. The van der Waals surface area contributed by atoms with E-state index in [0.717, 1.165) is 105 Å². The molecule has 0 amide bonds. The summed E-state index contributed by atoms with van der Waals surface area (Å²) in [7, 11) is 0. The number of hydrogen-bond donors (Lipinski definition) is 0. The van der Waals surface area contributed by atoms with E-state index in [2.05, 4.69) is 178 Å². The quantitative estimate of drug-likeness (QED) is 0.183. The zero-order chi connectivity index (χ0) is 36.5. The van der Waals surface area contributed by atoms with Crippen molar-refractivity contribution in [3.8, 4) is 22.9 Å². The van der Waals surface area contributed by atoms with Crippen LogP contribution < -0.4 is 4.90 Å². The van der Waals surface area contributed by atoms with E-state index in [0.29, 0.717) is 5.95 Å². The van der Waals surface area contributed by atoms with Crippen molar-refractivity contribution >= 4 is 93.5 Å². The molecule has 6 nitrogen and oxygen atoms in total. The van der Waals surface area contributed by atoms with Gasteiger partial charge in [0.05, 0.1) is 55.7 Å². The maximum atomic E-state index is 6.45. The van der Waals surface area contributed by atoms with Crippen LogP contribution in [0.4, 0.5) is 17.1 Å². The van der Waals surface area contributed by atoms with Crippen LogP contribution in [0.5, 0.6) is 0 Å². The SMILES string of the molecule is c1ccc(N2c3ccccc3-c3nc(-n4c5ccccc5c5ccc6c7ccccc7n(-c7ccc8c(c7)oc7ccccc78)c6c54)nc4cccc2c34)cc1. The molecule has 1 aliphatic rings. The standard InChI is InChI=1S/C50H29N5O/c1-2-13-30(14-3-1)53-42-22-10-6-18-38(42)47-46-39(19-12-23-43(46)53)51-50(52-47)55-41-21-9-5-16-33(41)37-28-27-36-32-15-4-8-20-40(32)54(48(36)49(37)55)31-25-26-35-34-17-7-11-24-44(34)56-45(35)29-31/h1-29H. The van der Waals surface area contributed by atoms with Crippen molar-refractivity contribution in [2.45, 2.75) is 0 Å². The molecule has 0 atom stereocenters. The molecule has 0 spiro atoms. The summed E-state index contributed by atoms with van der Waals surface area (Å²) >= 11 is 0. The molecular weight excluding hydrogens is 687 g/mol. The molecule has 13 rings (SSSR count). The number of hydrogen-bond acceptors (Lipinski definition) is 4. The number of aromatic nitrogens is 4. The lowest BCUT2D eigenvalue weighted by Crippen LogP contribution is -2.16. The van der Waals surface area contributed by atoms with E-state index < -0.39 is 0 Å². The summed E-state index contributed by atoms with van der Waals surface area (Å²) in [6.45, 7) is 0. The highest BCUT2D eigenvalue weighted by molar-refractivity contribution is 6.24. The lowest BCUT2D eigenvalue weighted by atomic mass is 9.96. The van der Waals surface area contributed by atoms with Gasteiger partial charge in [-0.25, -0.2) is 9.97 Å². The first-order chi connectivity index (χ1) is 27.8. The topological polar surface area (TPSA) is 52.0 Å². The molecule has 8 aromatic carbocycles. The highest BCUT2D eigenvalue weighted by Gasteiger charge is 2.29. The summed E-state index contributed by atoms with van der Waals surface area (Å²) in [6.07, 6.45) is 0. The van der Waals surface area contributed by atoms with Crippen molar-refractivity contribution < 1.29 is 4.42 Å². The molecule has 0 saturated heterocycles. The Kier molecular flexibility index (Phi) is 5.80. The molecule has 0 radical (unpaired) electrons. The molecular formula is C50H29N5O. The average Bonchev–Trinajstić information content (AvgIpc) is 3.91. The van der Waals surface area contributed by atoms with Crippen LogP contribution in [0.3, 0.4) is 0 Å². The average molecular weight is 716 g/mol. The van der Waals surface area contributed by atoms with Crippen molar-refractivity contribution in [2.24, 2.45) is 0 Å². The predicted octanol–water partition coefficient (Wildman–Crippen LogP) is 13.2. The lowest BCUT2D eigenvalue weighted by Gasteiger charge is -2.32. The highest BCUT2D eigenvalue weighted by atomic mass is 16.3. The fourth-order valence-corrected chi connectivity index (χ4v) is 9.32. The molecule has 12 aromatic rings. The molecule has 0 N–H and O–H groups in total. The van der Waals surface area contributed by atoms with Crippen LogP contribution in [0, 0.1) is 0 Å². The fourth-order valence-electron chi connectivity index (χ4n) is 9.32. The third kappa shape index (κ3) is 3.89. The van der Waals surface area contributed by atoms with Crippen LogP contribution in [0.2, 0.25) is 0 Å². The number of anilines is 3. The van der Waals surface area contributed by atoms with E-state index in [1.807, 2.05) is 12.1 Å². The minimum atomic E-state index is 0.635. The summed E-state index contributed by atoms with van der Waals surface area (Å²) in [5.41, 5.74) is 13.3. The molecule has 0 aliphatic carbocycles. The van der Waals surface area contributed by atoms with Crippen molar-refractivity contribution in [2.75, 3.05) is 4.90 Å². The minimum absolute atomic E-state index is 0.635. The van der Waals surface area contributed by atoms with Gasteiger partial charge in [0.2, 0.25) is 5.95 Å². The van der Waals surface area contributed by atoms with E-state index in [1.165, 1.54) is 5.39 Å². The Bertz CT molecular complexity index is 3610. The number of para-hydroxylation sites is 5. The van der Waals surface area contributed by atoms with Gasteiger partial charge < -0.3 is 13.9 Å². The van der Waals surface area contributed by atoms with Gasteiger partial charge in [0.1, 0.15) is 11.2 Å². The zero-order valence-corrected chi connectivity index (χ0v) is 29.9. The first-order valence-corrected chi connectivity index (χ1v) is 18.9. The monoisotopic (exact) mass is 715 g/mol. The number of furan rings is 1. The van der Waals surface area contributed by atoms with Gasteiger partial charge in [-0.3, -0.25) is 4.57 Å². The van der Waals surface area contributed by atoms with E-state index >= 15 is 0 Å². The Hall–Kier alpha value is -7.70. The van der Waals surface area contributed by atoms with Gasteiger partial charge in [-0.15, -0.1) is 0 Å². The van der Waals surface area contributed by atoms with E-state index in [9.17, 15) is 0 Å². The molecule has 56 heavy (non-hydrogen) atoms. The molecule has 0 bridgehead atoms. The smallest absolute Gasteiger partial charge is 0.235 e. The Morgan fingerprint density at radius 2 is 1.04 bits per heavy atom. The first-order valence-electron chi connectivity index (χ1n) is 18.9. The Morgan fingerprint density at radius 3 is 1.86 bits per heavy atom. The van der Waals surface area contributed by atoms with Gasteiger partial charge in [-0.05, 0) is 60.7 Å². The molecule has 0 fully saturated rings. The van der Waals surface area contributed by atoms with Crippen molar-refractivity contribution in [1.29, 1.82) is 0 Å². The molecule has 4 aromatic heterocycles. The van der Waals surface area contributed by atoms with Gasteiger partial charge in [0.25, 0.3) is 0 Å². The van der Waals surface area contributed by atoms with Gasteiger partial charge in [-0.2, -0.15) is 0 Å². The Labute approximate surface area is 319 Å². The molecule has 260 valence electrons. The Balaban J connectivity index is 1.16. The van der Waals surface area contributed by atoms with Crippen LogP contribution in [0.15, 0.2) is 180 Å². The highest BCUT2D eigenvalue weighted by Crippen LogP contribution is 2.50. The van der Waals surface area contributed by atoms with E-state index in [1.54, 1.807) is 0 Å². The number of nitrogens with zero attached hydrogens (tertiary/aromatic N) is 5. The molecule has 6 heteroatoms. The Morgan fingerprint density at radius 1 is 0.411 bits per heavy atom. The first kappa shape index (κ1) is 29.7. The van der Waals surface area contributed by atoms with Crippen LogP contribution >= 0.6 is 0 Å². The van der Waals surface area contributed by atoms with Crippen molar-refractivity contribution in [3.05, 3.63) is 176 Å². The number of benzene rings is 8. The van der Waals surface area contributed by atoms with Gasteiger partial charge in [-0.1, -0.05) is 109 Å². The zero-order valence-electron chi connectivity index (χ0n) is 29.9. The van der Waals surface area contributed by atoms with Crippen LogP contribution in [-0.2, 0) is 0 Å². The maximum absolute atomic E-state index is 6.45. The van der Waals surface area contributed by atoms with Crippen LogP contribution in [0.25, 0.3) is 99.3 Å². The van der Waals surface area contributed by atoms with E-state index in [-0.39, 0.29) is 0 Å². The normalized spacial score (nSPS) is 12.6. The summed E-state index contributed by atoms with van der Waals surface area (Å²) in [5, 5.41) is 7.90. The van der Waals surface area contributed by atoms with Crippen LogP contribution in [0.1, 0.15) is 0 Å². The summed E-state index contributed by atoms with van der Waals surface area (Å²) in [5.74, 6) is 0.635. The minimum Gasteiger partial charge on any atom is -0.456 e. The molecule has 0 unspecified atom stereocenters. The second kappa shape index (κ2) is 10.9. The molecule has 1 aliphatic heterocycles. The largest absolute Gasteiger partial charge is 0.456 e. The second-order valence-electron chi connectivity index (χ2n) is 14.6. The number of rotatable bonds is 3.